The maximum atomic E-state index is 5.92. The Labute approximate surface area is 110 Å². The summed E-state index contributed by atoms with van der Waals surface area (Å²) in [7, 11) is 0. The molecule has 1 unspecified atom stereocenters. The van der Waals surface area contributed by atoms with E-state index >= 15 is 0 Å². The van der Waals surface area contributed by atoms with Gasteiger partial charge in [0.1, 0.15) is 0 Å². The van der Waals surface area contributed by atoms with Crippen LogP contribution in [0.25, 0.3) is 0 Å². The van der Waals surface area contributed by atoms with E-state index in [0.29, 0.717) is 6.04 Å². The van der Waals surface area contributed by atoms with Gasteiger partial charge in [-0.25, -0.2) is 0 Å². The van der Waals surface area contributed by atoms with Crippen LogP contribution < -0.4 is 10.6 Å². The van der Waals surface area contributed by atoms with E-state index in [9.17, 15) is 0 Å². The highest BCUT2D eigenvalue weighted by Crippen LogP contribution is 2.18. The summed E-state index contributed by atoms with van der Waals surface area (Å²) in [6.07, 6.45) is 1.16. The summed E-state index contributed by atoms with van der Waals surface area (Å²) >= 11 is 1.99. The lowest BCUT2D eigenvalue weighted by atomic mass is 10.1. The smallest absolute Gasteiger partial charge is 0.0420 e. The van der Waals surface area contributed by atoms with Crippen LogP contribution in [0.5, 0.6) is 0 Å². The van der Waals surface area contributed by atoms with Gasteiger partial charge in [0.15, 0.2) is 0 Å². The number of rotatable bonds is 8. The Hall–Kier alpha value is -0.670. The second-order valence-corrected chi connectivity index (χ2v) is 5.39. The van der Waals surface area contributed by atoms with Gasteiger partial charge in [0, 0.05) is 24.8 Å². The van der Waals surface area contributed by atoms with E-state index in [1.165, 1.54) is 17.2 Å². The molecule has 0 aliphatic carbocycles. The minimum Gasteiger partial charge on any atom is -0.368 e. The van der Waals surface area contributed by atoms with E-state index in [1.807, 2.05) is 11.8 Å². The molecule has 1 rings (SSSR count). The zero-order valence-electron chi connectivity index (χ0n) is 10.9. The number of para-hydroxylation sites is 1. The van der Waals surface area contributed by atoms with Crippen molar-refractivity contribution in [3.63, 3.8) is 0 Å². The lowest BCUT2D eigenvalue weighted by Crippen LogP contribution is -2.41. The number of thioether (sulfide) groups is 1. The molecule has 0 heterocycles. The molecule has 0 bridgehead atoms. The summed E-state index contributed by atoms with van der Waals surface area (Å²) in [5, 5.41) is 0. The number of hydrogen-bond acceptors (Lipinski definition) is 3. The predicted octanol–water partition coefficient (Wildman–Crippen LogP) is 2.98. The fraction of sp³-hybridized carbons (Fsp3) is 0.571. The Morgan fingerprint density at radius 3 is 2.47 bits per heavy atom. The average Bonchev–Trinajstić information content (AvgIpc) is 2.39. The van der Waals surface area contributed by atoms with Crippen LogP contribution in [0.3, 0.4) is 0 Å². The molecule has 0 amide bonds. The largest absolute Gasteiger partial charge is 0.368 e. The minimum atomic E-state index is 0.460. The first-order valence-corrected chi connectivity index (χ1v) is 7.58. The highest BCUT2D eigenvalue weighted by molar-refractivity contribution is 7.99. The van der Waals surface area contributed by atoms with Crippen molar-refractivity contribution in [1.82, 2.24) is 0 Å². The Bertz CT molecular complexity index is 290. The molecule has 0 aliphatic rings. The Morgan fingerprint density at radius 1 is 1.24 bits per heavy atom. The second-order valence-electron chi connectivity index (χ2n) is 4.00. The third-order valence-electron chi connectivity index (χ3n) is 2.94. The van der Waals surface area contributed by atoms with E-state index in [0.717, 1.165) is 19.5 Å². The maximum Gasteiger partial charge on any atom is 0.0420 e. The normalized spacial score (nSPS) is 12.4. The molecular weight excluding hydrogens is 228 g/mol. The number of nitrogens with two attached hydrogens (primary N) is 1. The molecule has 0 aromatic heterocycles. The molecule has 0 aliphatic heterocycles. The van der Waals surface area contributed by atoms with E-state index in [-0.39, 0.29) is 0 Å². The van der Waals surface area contributed by atoms with Crippen molar-refractivity contribution in [2.75, 3.05) is 29.5 Å². The molecule has 3 heteroatoms. The van der Waals surface area contributed by atoms with Crippen LogP contribution in [0, 0.1) is 0 Å². The number of hydrogen-bond donors (Lipinski definition) is 1. The van der Waals surface area contributed by atoms with Gasteiger partial charge < -0.3 is 10.6 Å². The summed E-state index contributed by atoms with van der Waals surface area (Å²) in [5.41, 5.74) is 7.20. The molecule has 0 spiro atoms. The minimum absolute atomic E-state index is 0.460. The molecule has 2 N–H and O–H groups in total. The molecule has 0 saturated carbocycles. The lowest BCUT2D eigenvalue weighted by molar-refractivity contribution is 0.595. The SMILES string of the molecule is CCSCCC(CN)N(CC)c1ccccc1. The monoisotopic (exact) mass is 252 g/mol. The van der Waals surface area contributed by atoms with E-state index in [4.69, 9.17) is 5.73 Å². The van der Waals surface area contributed by atoms with Crippen LogP contribution in [0.2, 0.25) is 0 Å². The molecule has 0 saturated heterocycles. The molecule has 0 fully saturated rings. The zero-order chi connectivity index (χ0) is 12.5. The van der Waals surface area contributed by atoms with Crippen molar-refractivity contribution < 1.29 is 0 Å². The van der Waals surface area contributed by atoms with Crippen molar-refractivity contribution in [3.05, 3.63) is 30.3 Å². The number of anilines is 1. The van der Waals surface area contributed by atoms with Gasteiger partial charge in [0.2, 0.25) is 0 Å². The van der Waals surface area contributed by atoms with Crippen LogP contribution in [0.1, 0.15) is 20.3 Å². The Kier molecular flexibility index (Phi) is 7.13. The number of nitrogens with zero attached hydrogens (tertiary/aromatic N) is 1. The van der Waals surface area contributed by atoms with Gasteiger partial charge in [-0.3, -0.25) is 0 Å². The van der Waals surface area contributed by atoms with Crippen molar-refractivity contribution in [2.24, 2.45) is 5.73 Å². The highest BCUT2D eigenvalue weighted by atomic mass is 32.2. The Morgan fingerprint density at radius 2 is 1.94 bits per heavy atom. The van der Waals surface area contributed by atoms with Gasteiger partial charge in [-0.15, -0.1) is 0 Å². The summed E-state index contributed by atoms with van der Waals surface area (Å²) in [4.78, 5) is 2.41. The average molecular weight is 252 g/mol. The molecule has 17 heavy (non-hydrogen) atoms. The fourth-order valence-corrected chi connectivity index (χ4v) is 2.76. The third-order valence-corrected chi connectivity index (χ3v) is 3.87. The van der Waals surface area contributed by atoms with E-state index in [1.54, 1.807) is 0 Å². The molecule has 1 aromatic rings. The molecule has 2 nitrogen and oxygen atoms in total. The van der Waals surface area contributed by atoms with Gasteiger partial charge in [-0.2, -0.15) is 11.8 Å². The van der Waals surface area contributed by atoms with Crippen molar-refractivity contribution in [3.8, 4) is 0 Å². The summed E-state index contributed by atoms with van der Waals surface area (Å²) in [6.45, 7) is 6.15. The molecule has 1 aromatic carbocycles. The molecule has 0 radical (unpaired) electrons. The van der Waals surface area contributed by atoms with Crippen LogP contribution in [0.15, 0.2) is 30.3 Å². The van der Waals surface area contributed by atoms with Gasteiger partial charge in [-0.1, -0.05) is 25.1 Å². The van der Waals surface area contributed by atoms with Crippen molar-refractivity contribution in [1.29, 1.82) is 0 Å². The number of likely N-dealkylation sites (N-methyl/N-ethyl adjacent to an activating group) is 1. The van der Waals surface area contributed by atoms with E-state index in [2.05, 4.69) is 49.1 Å². The summed E-state index contributed by atoms with van der Waals surface area (Å²) < 4.78 is 0. The first-order valence-electron chi connectivity index (χ1n) is 6.43. The first-order chi connectivity index (χ1) is 8.33. The zero-order valence-corrected chi connectivity index (χ0v) is 11.7. The topological polar surface area (TPSA) is 29.3 Å². The van der Waals surface area contributed by atoms with Crippen LogP contribution in [-0.2, 0) is 0 Å². The van der Waals surface area contributed by atoms with Gasteiger partial charge in [0.25, 0.3) is 0 Å². The predicted molar refractivity (Wildman–Crippen MR) is 79.9 cm³/mol. The van der Waals surface area contributed by atoms with Crippen LogP contribution in [0.4, 0.5) is 5.69 Å². The van der Waals surface area contributed by atoms with E-state index < -0.39 is 0 Å². The quantitative estimate of drug-likeness (QED) is 0.721. The molecule has 96 valence electrons. The van der Waals surface area contributed by atoms with Gasteiger partial charge in [0.05, 0.1) is 0 Å². The Balaban J connectivity index is 2.63. The number of benzene rings is 1. The summed E-state index contributed by atoms with van der Waals surface area (Å²) in [5.74, 6) is 2.39. The summed E-state index contributed by atoms with van der Waals surface area (Å²) in [6, 6.07) is 11.0. The highest BCUT2D eigenvalue weighted by Gasteiger charge is 2.15. The first kappa shape index (κ1) is 14.4. The standard InChI is InChI=1S/C14H24N2S/c1-3-16(13-8-6-5-7-9-13)14(12-15)10-11-17-4-2/h5-9,14H,3-4,10-12,15H2,1-2H3. The fourth-order valence-electron chi connectivity index (χ4n) is 2.04. The lowest BCUT2D eigenvalue weighted by Gasteiger charge is -2.32. The molecule has 1 atom stereocenters. The third kappa shape index (κ3) is 4.60. The second kappa shape index (κ2) is 8.43. The van der Waals surface area contributed by atoms with Crippen LogP contribution in [-0.4, -0.2) is 30.6 Å². The van der Waals surface area contributed by atoms with Crippen molar-refractivity contribution in [2.45, 2.75) is 26.3 Å². The maximum absolute atomic E-state index is 5.92. The van der Waals surface area contributed by atoms with Crippen molar-refractivity contribution >= 4 is 17.4 Å². The van der Waals surface area contributed by atoms with Gasteiger partial charge >= 0.3 is 0 Å². The molecular formula is C14H24N2S. The van der Waals surface area contributed by atoms with Crippen LogP contribution >= 0.6 is 11.8 Å². The van der Waals surface area contributed by atoms with Gasteiger partial charge in [-0.05, 0) is 37.0 Å².